The highest BCUT2D eigenvalue weighted by molar-refractivity contribution is 6.34. The molecule has 1 saturated heterocycles. The number of ether oxygens (including phenoxy) is 1. The van der Waals surface area contributed by atoms with Crippen molar-refractivity contribution in [3.63, 3.8) is 0 Å². The van der Waals surface area contributed by atoms with Gasteiger partial charge in [-0.3, -0.25) is 9.59 Å². The predicted octanol–water partition coefficient (Wildman–Crippen LogP) is 3.38. The molecule has 7 heteroatoms. The van der Waals surface area contributed by atoms with Crippen LogP contribution in [0.15, 0.2) is 24.3 Å². The van der Waals surface area contributed by atoms with Crippen molar-refractivity contribution in [2.24, 2.45) is 0 Å². The van der Waals surface area contributed by atoms with Crippen LogP contribution in [0.3, 0.4) is 0 Å². The largest absolute Gasteiger partial charge is 0.444 e. The van der Waals surface area contributed by atoms with E-state index in [4.69, 9.17) is 16.3 Å². The fourth-order valence-corrected chi connectivity index (χ4v) is 2.91. The number of carbonyl (C=O) groups is 3. The van der Waals surface area contributed by atoms with Gasteiger partial charge in [-0.25, -0.2) is 4.79 Å². The molecule has 0 spiro atoms. The number of nitrogens with zero attached hydrogens (tertiary/aromatic N) is 2. The first kappa shape index (κ1) is 20.2. The third-order valence-corrected chi connectivity index (χ3v) is 4.35. The standard InChI is InChI=1S/C19H25ClN2O4/c1-19(2,3)26-18(25)22-12-10-21(11-13-22)17(24)9-8-16(23)14-6-4-5-7-15(14)20/h4-7H,8-13H2,1-3H3. The number of amides is 2. The Kier molecular flexibility index (Phi) is 6.64. The van der Waals surface area contributed by atoms with Crippen molar-refractivity contribution in [1.29, 1.82) is 0 Å². The van der Waals surface area contributed by atoms with E-state index in [1.807, 2.05) is 20.8 Å². The summed E-state index contributed by atoms with van der Waals surface area (Å²) in [6, 6.07) is 6.83. The van der Waals surface area contributed by atoms with E-state index in [2.05, 4.69) is 0 Å². The third-order valence-electron chi connectivity index (χ3n) is 4.02. The van der Waals surface area contributed by atoms with Gasteiger partial charge in [-0.05, 0) is 32.9 Å². The highest BCUT2D eigenvalue weighted by atomic mass is 35.5. The van der Waals surface area contributed by atoms with E-state index in [1.54, 1.807) is 34.1 Å². The zero-order valence-electron chi connectivity index (χ0n) is 15.5. The summed E-state index contributed by atoms with van der Waals surface area (Å²) in [6.07, 6.45) is -0.107. The fourth-order valence-electron chi connectivity index (χ4n) is 2.67. The van der Waals surface area contributed by atoms with Gasteiger partial charge < -0.3 is 14.5 Å². The molecule has 1 aromatic carbocycles. The number of rotatable bonds is 4. The van der Waals surface area contributed by atoms with Gasteiger partial charge in [0.15, 0.2) is 5.78 Å². The summed E-state index contributed by atoms with van der Waals surface area (Å²) < 4.78 is 5.34. The van der Waals surface area contributed by atoms with Crippen LogP contribution in [0.1, 0.15) is 44.0 Å². The topological polar surface area (TPSA) is 66.9 Å². The van der Waals surface area contributed by atoms with E-state index in [0.29, 0.717) is 36.8 Å². The molecule has 1 aliphatic heterocycles. The molecule has 142 valence electrons. The lowest BCUT2D eigenvalue weighted by molar-refractivity contribution is -0.132. The number of hydrogen-bond acceptors (Lipinski definition) is 4. The van der Waals surface area contributed by atoms with E-state index >= 15 is 0 Å². The maximum atomic E-state index is 12.3. The molecule has 1 aliphatic rings. The zero-order chi connectivity index (χ0) is 19.3. The highest BCUT2D eigenvalue weighted by Gasteiger charge is 2.27. The Morgan fingerprint density at radius 1 is 1.00 bits per heavy atom. The minimum atomic E-state index is -0.539. The Morgan fingerprint density at radius 3 is 2.15 bits per heavy atom. The first-order valence-electron chi connectivity index (χ1n) is 8.71. The number of hydrogen-bond donors (Lipinski definition) is 0. The number of piperazine rings is 1. The molecule has 0 aliphatic carbocycles. The molecule has 1 aromatic rings. The summed E-state index contributed by atoms with van der Waals surface area (Å²) in [6.45, 7) is 7.21. The molecule has 0 saturated carbocycles. The summed E-state index contributed by atoms with van der Waals surface area (Å²) >= 11 is 6.01. The molecular formula is C19H25ClN2O4. The molecule has 1 fully saturated rings. The average Bonchev–Trinajstić information content (AvgIpc) is 2.58. The molecule has 6 nitrogen and oxygen atoms in total. The van der Waals surface area contributed by atoms with Gasteiger partial charge in [-0.1, -0.05) is 23.7 Å². The van der Waals surface area contributed by atoms with Gasteiger partial charge in [0.05, 0.1) is 5.02 Å². The van der Waals surface area contributed by atoms with Crippen LogP contribution in [-0.2, 0) is 9.53 Å². The van der Waals surface area contributed by atoms with Crippen LogP contribution >= 0.6 is 11.6 Å². The van der Waals surface area contributed by atoms with E-state index in [0.717, 1.165) is 0 Å². The van der Waals surface area contributed by atoms with Gasteiger partial charge in [-0.2, -0.15) is 0 Å². The molecule has 0 radical (unpaired) electrons. The van der Waals surface area contributed by atoms with Crippen LogP contribution in [-0.4, -0.2) is 59.4 Å². The Bertz CT molecular complexity index is 676. The molecule has 0 unspecified atom stereocenters. The first-order valence-corrected chi connectivity index (χ1v) is 9.08. The molecule has 0 atom stereocenters. The van der Waals surface area contributed by atoms with E-state index < -0.39 is 5.60 Å². The normalized spacial score (nSPS) is 14.9. The average molecular weight is 381 g/mol. The van der Waals surface area contributed by atoms with Crippen LogP contribution < -0.4 is 0 Å². The van der Waals surface area contributed by atoms with Gasteiger partial charge in [0.2, 0.25) is 5.91 Å². The minimum Gasteiger partial charge on any atom is -0.444 e. The zero-order valence-corrected chi connectivity index (χ0v) is 16.2. The monoisotopic (exact) mass is 380 g/mol. The lowest BCUT2D eigenvalue weighted by Gasteiger charge is -2.35. The Morgan fingerprint density at radius 2 is 1.58 bits per heavy atom. The number of halogens is 1. The molecule has 2 amide bonds. The SMILES string of the molecule is CC(C)(C)OC(=O)N1CCN(C(=O)CCC(=O)c2ccccc2Cl)CC1. The summed E-state index contributed by atoms with van der Waals surface area (Å²) in [5.74, 6) is -0.231. The quantitative estimate of drug-likeness (QED) is 0.751. The second kappa shape index (κ2) is 8.54. The number of ketones is 1. The number of carbonyl (C=O) groups excluding carboxylic acids is 3. The summed E-state index contributed by atoms with van der Waals surface area (Å²) in [5, 5.41) is 0.399. The van der Waals surface area contributed by atoms with Gasteiger partial charge in [-0.15, -0.1) is 0 Å². The second-order valence-electron chi connectivity index (χ2n) is 7.25. The van der Waals surface area contributed by atoms with E-state index in [-0.39, 0.29) is 30.6 Å². The number of Topliss-reactive ketones (excluding diaryl/α,β-unsaturated/α-hetero) is 1. The number of benzene rings is 1. The van der Waals surface area contributed by atoms with Crippen molar-refractivity contribution < 1.29 is 19.1 Å². The smallest absolute Gasteiger partial charge is 0.410 e. The van der Waals surface area contributed by atoms with Crippen molar-refractivity contribution in [1.82, 2.24) is 9.80 Å². The van der Waals surface area contributed by atoms with Crippen LogP contribution in [0.25, 0.3) is 0 Å². The third kappa shape index (κ3) is 5.73. The lowest BCUT2D eigenvalue weighted by atomic mass is 10.1. The van der Waals surface area contributed by atoms with Crippen molar-refractivity contribution >= 4 is 29.4 Å². The molecular weight excluding hydrogens is 356 g/mol. The lowest BCUT2D eigenvalue weighted by Crippen LogP contribution is -2.51. The molecule has 26 heavy (non-hydrogen) atoms. The molecule has 0 bridgehead atoms. The summed E-state index contributed by atoms with van der Waals surface area (Å²) in [5.41, 5.74) is -0.0972. The fraction of sp³-hybridized carbons (Fsp3) is 0.526. The van der Waals surface area contributed by atoms with Gasteiger partial charge in [0.25, 0.3) is 0 Å². The van der Waals surface area contributed by atoms with Crippen LogP contribution in [0.5, 0.6) is 0 Å². The maximum Gasteiger partial charge on any atom is 0.410 e. The Hall–Kier alpha value is -2.08. The highest BCUT2D eigenvalue weighted by Crippen LogP contribution is 2.18. The van der Waals surface area contributed by atoms with Gasteiger partial charge in [0.1, 0.15) is 5.60 Å². The summed E-state index contributed by atoms with van der Waals surface area (Å²) in [4.78, 5) is 39.9. The first-order chi connectivity index (χ1) is 12.2. The van der Waals surface area contributed by atoms with E-state index in [9.17, 15) is 14.4 Å². The predicted molar refractivity (Wildman–Crippen MR) is 99.4 cm³/mol. The molecule has 0 aromatic heterocycles. The Labute approximate surface area is 159 Å². The van der Waals surface area contributed by atoms with Crippen molar-refractivity contribution in [3.8, 4) is 0 Å². The minimum absolute atomic E-state index is 0.0887. The van der Waals surface area contributed by atoms with Crippen molar-refractivity contribution in [2.45, 2.75) is 39.2 Å². The van der Waals surface area contributed by atoms with Crippen molar-refractivity contribution in [3.05, 3.63) is 34.9 Å². The van der Waals surface area contributed by atoms with E-state index in [1.165, 1.54) is 0 Å². The molecule has 1 heterocycles. The van der Waals surface area contributed by atoms with Crippen LogP contribution in [0.4, 0.5) is 4.79 Å². The Balaban J connectivity index is 1.79. The van der Waals surface area contributed by atoms with Gasteiger partial charge >= 0.3 is 6.09 Å². The maximum absolute atomic E-state index is 12.3. The second-order valence-corrected chi connectivity index (χ2v) is 7.66. The molecule has 0 N–H and O–H groups in total. The van der Waals surface area contributed by atoms with Gasteiger partial charge in [0, 0.05) is 44.6 Å². The molecule has 2 rings (SSSR count). The van der Waals surface area contributed by atoms with Crippen LogP contribution in [0.2, 0.25) is 5.02 Å². The van der Waals surface area contributed by atoms with Crippen LogP contribution in [0, 0.1) is 0 Å². The summed E-state index contributed by atoms with van der Waals surface area (Å²) in [7, 11) is 0. The van der Waals surface area contributed by atoms with Crippen molar-refractivity contribution in [2.75, 3.05) is 26.2 Å².